The Hall–Kier alpha value is -2.96. The van der Waals surface area contributed by atoms with Gasteiger partial charge in [0.25, 0.3) is 0 Å². The van der Waals surface area contributed by atoms with Crippen molar-refractivity contribution in [3.8, 4) is 11.1 Å². The van der Waals surface area contributed by atoms with Crippen molar-refractivity contribution < 1.29 is 14.3 Å². The standard InChI is InChI=1S/C26H29N3O3/c1-28(2)25(30)29-14-11-23(12-15-29)26(31-16-17-32-26)22-8-5-19(6-9-22)20-7-10-24-21(18-20)4-3-13-27-24/h3-10,13,18,23H,11-12,14-17H2,1-2H3. The summed E-state index contributed by atoms with van der Waals surface area (Å²) in [6.45, 7) is 2.63. The number of carbonyl (C=O) groups excluding carboxylic acids is 1. The molecule has 3 heterocycles. The molecule has 0 atom stereocenters. The van der Waals surface area contributed by atoms with Crippen molar-refractivity contribution in [1.82, 2.24) is 14.8 Å². The maximum Gasteiger partial charge on any atom is 0.319 e. The quantitative estimate of drug-likeness (QED) is 0.613. The van der Waals surface area contributed by atoms with E-state index in [1.807, 2.05) is 17.2 Å². The molecule has 1 aromatic heterocycles. The van der Waals surface area contributed by atoms with Gasteiger partial charge in [0.1, 0.15) is 0 Å². The van der Waals surface area contributed by atoms with Gasteiger partial charge in [0.2, 0.25) is 0 Å². The molecule has 3 aromatic rings. The van der Waals surface area contributed by atoms with Crippen LogP contribution in [0.25, 0.3) is 22.0 Å². The van der Waals surface area contributed by atoms with Crippen molar-refractivity contribution in [2.45, 2.75) is 18.6 Å². The van der Waals surface area contributed by atoms with Gasteiger partial charge in [-0.3, -0.25) is 4.98 Å². The molecule has 2 aliphatic heterocycles. The van der Waals surface area contributed by atoms with Crippen molar-refractivity contribution in [2.24, 2.45) is 5.92 Å². The molecule has 6 heteroatoms. The second kappa shape index (κ2) is 8.52. The number of carbonyl (C=O) groups is 1. The lowest BCUT2D eigenvalue weighted by Gasteiger charge is -2.41. The number of nitrogens with zero attached hydrogens (tertiary/aromatic N) is 3. The van der Waals surface area contributed by atoms with E-state index >= 15 is 0 Å². The number of benzene rings is 2. The molecule has 166 valence electrons. The highest BCUT2D eigenvalue weighted by Crippen LogP contribution is 2.44. The fourth-order valence-corrected chi connectivity index (χ4v) is 4.95. The zero-order valence-corrected chi connectivity index (χ0v) is 18.7. The van der Waals surface area contributed by atoms with Crippen LogP contribution in [-0.4, -0.2) is 61.2 Å². The Morgan fingerprint density at radius 3 is 2.38 bits per heavy atom. The summed E-state index contributed by atoms with van der Waals surface area (Å²) in [5.74, 6) is -0.507. The molecule has 0 N–H and O–H groups in total. The average molecular weight is 432 g/mol. The molecule has 2 aliphatic rings. The zero-order chi connectivity index (χ0) is 22.1. The van der Waals surface area contributed by atoms with E-state index in [2.05, 4.69) is 53.5 Å². The lowest BCUT2D eigenvalue weighted by atomic mass is 9.83. The summed E-state index contributed by atoms with van der Waals surface area (Å²) in [6, 6.07) is 19.0. The molecule has 2 amide bonds. The Morgan fingerprint density at radius 2 is 1.69 bits per heavy atom. The third kappa shape index (κ3) is 3.74. The van der Waals surface area contributed by atoms with E-state index in [0.717, 1.165) is 53.5 Å². The fourth-order valence-electron chi connectivity index (χ4n) is 4.95. The summed E-state index contributed by atoms with van der Waals surface area (Å²) < 4.78 is 12.5. The van der Waals surface area contributed by atoms with Crippen molar-refractivity contribution in [3.63, 3.8) is 0 Å². The Morgan fingerprint density at radius 1 is 1.00 bits per heavy atom. The molecule has 0 spiro atoms. The van der Waals surface area contributed by atoms with Gasteiger partial charge < -0.3 is 19.3 Å². The van der Waals surface area contributed by atoms with E-state index in [4.69, 9.17) is 9.47 Å². The predicted octanol–water partition coefficient (Wildman–Crippen LogP) is 4.50. The van der Waals surface area contributed by atoms with Crippen molar-refractivity contribution >= 4 is 16.9 Å². The minimum atomic E-state index is -0.723. The molecule has 5 rings (SSSR count). The molecule has 6 nitrogen and oxygen atoms in total. The van der Waals surface area contributed by atoms with Gasteiger partial charge in [0, 0.05) is 50.2 Å². The highest BCUT2D eigenvalue weighted by atomic mass is 16.7. The molecule has 2 fully saturated rings. The summed E-state index contributed by atoms with van der Waals surface area (Å²) in [5.41, 5.74) is 4.37. The third-order valence-corrected chi connectivity index (χ3v) is 6.63. The Balaban J connectivity index is 1.38. The summed E-state index contributed by atoms with van der Waals surface area (Å²) in [4.78, 5) is 20.3. The first-order valence-electron chi connectivity index (χ1n) is 11.3. The molecule has 0 saturated carbocycles. The van der Waals surface area contributed by atoms with Crippen LogP contribution in [0, 0.1) is 5.92 Å². The van der Waals surface area contributed by atoms with Crippen molar-refractivity contribution in [1.29, 1.82) is 0 Å². The van der Waals surface area contributed by atoms with Crippen LogP contribution in [0.3, 0.4) is 0 Å². The van der Waals surface area contributed by atoms with Crippen LogP contribution in [0.1, 0.15) is 18.4 Å². The van der Waals surface area contributed by atoms with E-state index in [1.165, 1.54) is 0 Å². The largest absolute Gasteiger partial charge is 0.343 e. The van der Waals surface area contributed by atoms with Crippen LogP contribution in [0.2, 0.25) is 0 Å². The van der Waals surface area contributed by atoms with Gasteiger partial charge in [-0.1, -0.05) is 36.4 Å². The first kappa shape index (κ1) is 20.9. The molecule has 0 aliphatic carbocycles. The van der Waals surface area contributed by atoms with Gasteiger partial charge in [-0.15, -0.1) is 0 Å². The van der Waals surface area contributed by atoms with Crippen LogP contribution in [0.15, 0.2) is 60.8 Å². The zero-order valence-electron chi connectivity index (χ0n) is 18.7. The van der Waals surface area contributed by atoms with Gasteiger partial charge in [0.05, 0.1) is 18.7 Å². The second-order valence-electron chi connectivity index (χ2n) is 8.79. The van der Waals surface area contributed by atoms with Crippen molar-refractivity contribution in [3.05, 3.63) is 66.4 Å². The molecule has 32 heavy (non-hydrogen) atoms. The molecule has 0 radical (unpaired) electrons. The van der Waals surface area contributed by atoms with Crippen LogP contribution in [-0.2, 0) is 15.3 Å². The number of urea groups is 1. The van der Waals surface area contributed by atoms with E-state index in [-0.39, 0.29) is 11.9 Å². The number of hydrogen-bond donors (Lipinski definition) is 0. The number of aromatic nitrogens is 1. The summed E-state index contributed by atoms with van der Waals surface area (Å²) in [5, 5.41) is 1.13. The molecule has 0 unspecified atom stereocenters. The first-order valence-corrected chi connectivity index (χ1v) is 11.3. The summed E-state index contributed by atoms with van der Waals surface area (Å²) >= 11 is 0. The average Bonchev–Trinajstić information content (AvgIpc) is 3.35. The second-order valence-corrected chi connectivity index (χ2v) is 8.79. The number of fused-ring (bicyclic) bond motifs is 1. The Bertz CT molecular complexity index is 1100. The number of hydrogen-bond acceptors (Lipinski definition) is 4. The minimum Gasteiger partial charge on any atom is -0.343 e. The maximum absolute atomic E-state index is 12.3. The number of rotatable bonds is 3. The number of pyridine rings is 1. The third-order valence-electron chi connectivity index (χ3n) is 6.63. The Labute approximate surface area is 188 Å². The molecular weight excluding hydrogens is 402 g/mol. The van der Waals surface area contributed by atoms with Crippen molar-refractivity contribution in [2.75, 3.05) is 40.4 Å². The van der Waals surface area contributed by atoms with E-state index in [9.17, 15) is 4.79 Å². The smallest absolute Gasteiger partial charge is 0.319 e. The SMILES string of the molecule is CN(C)C(=O)N1CCC(C2(c3ccc(-c4ccc5ncccc5c4)cc3)OCCO2)CC1. The number of likely N-dealkylation sites (tertiary alicyclic amines) is 1. The highest BCUT2D eigenvalue weighted by molar-refractivity contribution is 5.84. The van der Waals surface area contributed by atoms with Crippen LogP contribution in [0.4, 0.5) is 4.79 Å². The normalized spacial score (nSPS) is 18.8. The monoisotopic (exact) mass is 431 g/mol. The topological polar surface area (TPSA) is 54.9 Å². The number of piperidine rings is 1. The van der Waals surface area contributed by atoms with Gasteiger partial charge in [-0.25, -0.2) is 4.79 Å². The lowest BCUT2D eigenvalue weighted by Crippen LogP contribution is -2.48. The fraction of sp³-hybridized carbons (Fsp3) is 0.385. The number of amides is 2. The van der Waals surface area contributed by atoms with Gasteiger partial charge >= 0.3 is 6.03 Å². The van der Waals surface area contributed by atoms with Crippen LogP contribution in [0.5, 0.6) is 0 Å². The molecule has 2 aromatic carbocycles. The molecular formula is C26H29N3O3. The maximum atomic E-state index is 12.3. The van der Waals surface area contributed by atoms with Gasteiger partial charge in [-0.05, 0) is 42.2 Å². The van der Waals surface area contributed by atoms with E-state index < -0.39 is 5.79 Å². The summed E-state index contributed by atoms with van der Waals surface area (Å²) in [7, 11) is 3.60. The van der Waals surface area contributed by atoms with E-state index in [0.29, 0.717) is 13.2 Å². The minimum absolute atomic E-state index is 0.0701. The first-order chi connectivity index (χ1) is 15.6. The molecule has 2 saturated heterocycles. The Kier molecular flexibility index (Phi) is 5.57. The lowest BCUT2D eigenvalue weighted by molar-refractivity contribution is -0.213. The van der Waals surface area contributed by atoms with Gasteiger partial charge in [0.15, 0.2) is 5.79 Å². The summed E-state index contributed by atoms with van der Waals surface area (Å²) in [6.07, 6.45) is 3.54. The van der Waals surface area contributed by atoms with Gasteiger partial charge in [-0.2, -0.15) is 0 Å². The van der Waals surface area contributed by atoms with Crippen LogP contribution < -0.4 is 0 Å². The van der Waals surface area contributed by atoms with Crippen LogP contribution >= 0.6 is 0 Å². The molecule has 0 bridgehead atoms. The number of ether oxygens (including phenoxy) is 2. The predicted molar refractivity (Wildman–Crippen MR) is 124 cm³/mol. The van der Waals surface area contributed by atoms with E-state index in [1.54, 1.807) is 19.0 Å². The highest BCUT2D eigenvalue weighted by Gasteiger charge is 2.47.